The quantitative estimate of drug-likeness (QED) is 0.306. The number of aryl methyl sites for hydroxylation is 1. The van der Waals surface area contributed by atoms with Crippen LogP contribution in [0, 0.1) is 12.7 Å². The molecule has 0 aromatic heterocycles. The number of rotatable bonds is 13. The fraction of sp³-hybridized carbons (Fsp3) is 0.355. The average molecular weight is 600 g/mol. The topological polar surface area (TPSA) is 105 Å². The Kier molecular flexibility index (Phi) is 10.9. The molecule has 42 heavy (non-hydrogen) atoms. The number of ether oxygens (including phenoxy) is 2. The van der Waals surface area contributed by atoms with Gasteiger partial charge >= 0.3 is 0 Å². The molecule has 9 nitrogen and oxygen atoms in total. The van der Waals surface area contributed by atoms with E-state index in [2.05, 4.69) is 5.32 Å². The molecular weight excluding hydrogens is 561 g/mol. The van der Waals surface area contributed by atoms with Crippen molar-refractivity contribution in [2.75, 3.05) is 25.1 Å². The van der Waals surface area contributed by atoms with Crippen LogP contribution in [0.1, 0.15) is 38.3 Å². The van der Waals surface area contributed by atoms with Gasteiger partial charge in [-0.3, -0.25) is 13.9 Å². The van der Waals surface area contributed by atoms with E-state index in [9.17, 15) is 22.4 Å². The van der Waals surface area contributed by atoms with Crippen molar-refractivity contribution in [2.45, 2.75) is 57.6 Å². The van der Waals surface area contributed by atoms with E-state index in [1.165, 1.54) is 68.5 Å². The fourth-order valence-corrected chi connectivity index (χ4v) is 5.62. The third kappa shape index (κ3) is 7.58. The van der Waals surface area contributed by atoms with Gasteiger partial charge in [0.15, 0.2) is 0 Å². The van der Waals surface area contributed by atoms with Crippen LogP contribution in [0.3, 0.4) is 0 Å². The Labute approximate surface area is 247 Å². The number of sulfonamides is 1. The molecule has 0 spiro atoms. The maximum atomic E-state index is 14.7. The Morgan fingerprint density at radius 2 is 1.64 bits per heavy atom. The number of halogens is 1. The first-order chi connectivity index (χ1) is 19.9. The van der Waals surface area contributed by atoms with Crippen LogP contribution in [-0.4, -0.2) is 58.0 Å². The van der Waals surface area contributed by atoms with E-state index in [-0.39, 0.29) is 34.5 Å². The summed E-state index contributed by atoms with van der Waals surface area (Å²) in [4.78, 5) is 28.4. The smallest absolute Gasteiger partial charge is 0.264 e. The Morgan fingerprint density at radius 1 is 0.976 bits per heavy atom. The summed E-state index contributed by atoms with van der Waals surface area (Å²) in [5, 5.41) is 2.85. The minimum atomic E-state index is -4.33. The standard InChI is InChI=1S/C31H38FN3O6S/c1-7-22(3)33-31(37)23(4)34(19-24-10-8-9-11-27(24)32)30(36)20-35(28-18-25(40-5)14-17-29(28)41-6)42(38,39)26-15-12-21(2)13-16-26/h8-18,22-23H,7,19-20H2,1-6H3,(H,33,37)/t22-,23+/m1/s1. The average Bonchev–Trinajstić information content (AvgIpc) is 2.98. The molecule has 0 saturated heterocycles. The number of anilines is 1. The van der Waals surface area contributed by atoms with Gasteiger partial charge in [-0.15, -0.1) is 0 Å². The fourth-order valence-electron chi connectivity index (χ4n) is 4.20. The number of carbonyl (C=O) groups excluding carboxylic acids is 2. The number of carbonyl (C=O) groups is 2. The molecule has 0 saturated carbocycles. The summed E-state index contributed by atoms with van der Waals surface area (Å²) >= 11 is 0. The number of methoxy groups -OCH3 is 2. The molecule has 0 heterocycles. The van der Waals surface area contributed by atoms with E-state index in [4.69, 9.17) is 9.47 Å². The van der Waals surface area contributed by atoms with Gasteiger partial charge in [-0.2, -0.15) is 0 Å². The van der Waals surface area contributed by atoms with Gasteiger partial charge < -0.3 is 19.7 Å². The number of hydrogen-bond acceptors (Lipinski definition) is 6. The first-order valence-electron chi connectivity index (χ1n) is 13.6. The van der Waals surface area contributed by atoms with Crippen molar-refractivity contribution in [3.05, 3.63) is 83.7 Å². The number of nitrogens with one attached hydrogen (secondary N) is 1. The van der Waals surface area contributed by atoms with Crippen molar-refractivity contribution in [1.29, 1.82) is 0 Å². The molecule has 0 fully saturated rings. The number of benzene rings is 3. The van der Waals surface area contributed by atoms with E-state index in [0.717, 1.165) is 9.87 Å². The molecule has 11 heteroatoms. The first kappa shape index (κ1) is 32.4. The molecule has 2 amide bonds. The van der Waals surface area contributed by atoms with Crippen LogP contribution in [0.2, 0.25) is 0 Å². The van der Waals surface area contributed by atoms with Gasteiger partial charge in [0.2, 0.25) is 11.8 Å². The summed E-state index contributed by atoms with van der Waals surface area (Å²) in [7, 11) is -1.51. The van der Waals surface area contributed by atoms with Crippen LogP contribution < -0.4 is 19.1 Å². The summed E-state index contributed by atoms with van der Waals surface area (Å²) < 4.78 is 54.6. The number of nitrogens with zero attached hydrogens (tertiary/aromatic N) is 2. The highest BCUT2D eigenvalue weighted by atomic mass is 32.2. The van der Waals surface area contributed by atoms with Gasteiger partial charge in [-0.1, -0.05) is 42.8 Å². The largest absolute Gasteiger partial charge is 0.497 e. The van der Waals surface area contributed by atoms with Crippen molar-refractivity contribution in [1.82, 2.24) is 10.2 Å². The second kappa shape index (κ2) is 14.2. The van der Waals surface area contributed by atoms with Crippen LogP contribution in [0.4, 0.5) is 10.1 Å². The first-order valence-corrected chi connectivity index (χ1v) is 15.0. The Bertz CT molecular complexity index is 1500. The van der Waals surface area contributed by atoms with Crippen molar-refractivity contribution in [2.24, 2.45) is 0 Å². The van der Waals surface area contributed by atoms with Gasteiger partial charge in [-0.25, -0.2) is 12.8 Å². The Balaban J connectivity index is 2.13. The normalized spacial score (nSPS) is 12.6. The zero-order chi connectivity index (χ0) is 31.0. The van der Waals surface area contributed by atoms with Crippen molar-refractivity contribution in [3.63, 3.8) is 0 Å². The molecule has 3 rings (SSSR count). The van der Waals surface area contributed by atoms with E-state index in [0.29, 0.717) is 12.2 Å². The second-order valence-electron chi connectivity index (χ2n) is 9.97. The molecule has 1 N–H and O–H groups in total. The predicted octanol–water partition coefficient (Wildman–Crippen LogP) is 4.68. The molecule has 3 aromatic rings. The number of amides is 2. The third-order valence-corrected chi connectivity index (χ3v) is 8.78. The number of hydrogen-bond donors (Lipinski definition) is 1. The lowest BCUT2D eigenvalue weighted by atomic mass is 10.1. The lowest BCUT2D eigenvalue weighted by Crippen LogP contribution is -2.52. The molecule has 3 aromatic carbocycles. The van der Waals surface area contributed by atoms with E-state index in [1.807, 2.05) is 20.8 Å². The molecular formula is C31H38FN3O6S. The molecule has 0 bridgehead atoms. The minimum Gasteiger partial charge on any atom is -0.497 e. The summed E-state index contributed by atoms with van der Waals surface area (Å²) in [5.41, 5.74) is 1.10. The van der Waals surface area contributed by atoms with Crippen molar-refractivity contribution >= 4 is 27.5 Å². The van der Waals surface area contributed by atoms with Crippen molar-refractivity contribution in [3.8, 4) is 11.5 Å². The highest BCUT2D eigenvalue weighted by Crippen LogP contribution is 2.36. The van der Waals surface area contributed by atoms with E-state index >= 15 is 0 Å². The van der Waals surface area contributed by atoms with Gasteiger partial charge in [-0.05, 0) is 57.5 Å². The monoisotopic (exact) mass is 599 g/mol. The third-order valence-electron chi connectivity index (χ3n) is 7.01. The maximum Gasteiger partial charge on any atom is 0.264 e. The highest BCUT2D eigenvalue weighted by Gasteiger charge is 2.34. The molecule has 0 radical (unpaired) electrons. The van der Waals surface area contributed by atoms with Gasteiger partial charge in [0.05, 0.1) is 24.8 Å². The van der Waals surface area contributed by atoms with Crippen LogP contribution in [-0.2, 0) is 26.2 Å². The minimum absolute atomic E-state index is 0.0472. The van der Waals surface area contributed by atoms with Crippen LogP contribution in [0.5, 0.6) is 11.5 Å². The highest BCUT2D eigenvalue weighted by molar-refractivity contribution is 7.92. The molecule has 0 aliphatic heterocycles. The van der Waals surface area contributed by atoms with E-state index < -0.39 is 40.2 Å². The van der Waals surface area contributed by atoms with Gasteiger partial charge in [0.1, 0.15) is 29.9 Å². The van der Waals surface area contributed by atoms with E-state index in [1.54, 1.807) is 24.3 Å². The zero-order valence-corrected chi connectivity index (χ0v) is 25.6. The summed E-state index contributed by atoms with van der Waals surface area (Å²) in [6.07, 6.45) is 0.665. The van der Waals surface area contributed by atoms with Crippen LogP contribution >= 0.6 is 0 Å². The molecule has 0 aliphatic rings. The second-order valence-corrected chi connectivity index (χ2v) is 11.8. The molecule has 0 aliphatic carbocycles. The lowest BCUT2D eigenvalue weighted by molar-refractivity contribution is -0.139. The molecule has 2 atom stereocenters. The summed E-state index contributed by atoms with van der Waals surface area (Å²) in [5.74, 6) is -1.19. The lowest BCUT2D eigenvalue weighted by Gasteiger charge is -2.33. The van der Waals surface area contributed by atoms with Gasteiger partial charge in [0.25, 0.3) is 10.0 Å². The van der Waals surface area contributed by atoms with Crippen LogP contribution in [0.15, 0.2) is 71.6 Å². The van der Waals surface area contributed by atoms with Crippen molar-refractivity contribution < 1.29 is 31.9 Å². The van der Waals surface area contributed by atoms with Gasteiger partial charge in [0, 0.05) is 24.2 Å². The SMILES string of the molecule is CC[C@@H](C)NC(=O)[C@H](C)N(Cc1ccccc1F)C(=O)CN(c1cc(OC)ccc1OC)S(=O)(=O)c1ccc(C)cc1. The Morgan fingerprint density at radius 3 is 2.24 bits per heavy atom. The summed E-state index contributed by atoms with van der Waals surface area (Å²) in [6.45, 7) is 6.14. The maximum absolute atomic E-state index is 14.7. The Hall–Kier alpha value is -4.12. The van der Waals surface area contributed by atoms with Crippen LogP contribution in [0.25, 0.3) is 0 Å². The summed E-state index contributed by atoms with van der Waals surface area (Å²) in [6, 6.07) is 15.5. The zero-order valence-electron chi connectivity index (χ0n) is 24.8. The molecule has 0 unspecified atom stereocenters. The predicted molar refractivity (Wildman–Crippen MR) is 160 cm³/mol. The molecule has 226 valence electrons.